The quantitative estimate of drug-likeness (QED) is 0.251. The van der Waals surface area contributed by atoms with Crippen LogP contribution in [0.25, 0.3) is 11.0 Å². The van der Waals surface area contributed by atoms with E-state index in [0.717, 1.165) is 41.8 Å². The number of nitrogens with zero attached hydrogens (tertiary/aromatic N) is 5. The Labute approximate surface area is 182 Å². The summed E-state index contributed by atoms with van der Waals surface area (Å²) in [7, 11) is 7.81. The van der Waals surface area contributed by atoms with E-state index in [9.17, 15) is 4.79 Å². The number of oxime groups is 1. The number of aryl methyl sites for hydroxylation is 3. The minimum absolute atomic E-state index is 0.00161. The molecule has 0 fully saturated rings. The number of rotatable bonds is 8. The molecule has 8 heteroatoms. The van der Waals surface area contributed by atoms with Gasteiger partial charge in [0.1, 0.15) is 5.82 Å². The SMILES string of the molecule is CN(C)CCN(C)C(=O)c1ccc2c(c1)nc(CCc1ccc(C(N)=NO)cc1)n2C. The third-order valence-electron chi connectivity index (χ3n) is 5.44. The van der Waals surface area contributed by atoms with Crippen LogP contribution in [0.5, 0.6) is 0 Å². The van der Waals surface area contributed by atoms with Crippen molar-refractivity contribution in [2.24, 2.45) is 17.9 Å². The summed E-state index contributed by atoms with van der Waals surface area (Å²) >= 11 is 0. The molecule has 3 rings (SSSR count). The molecule has 0 atom stereocenters. The molecule has 31 heavy (non-hydrogen) atoms. The number of amidine groups is 1. The van der Waals surface area contributed by atoms with E-state index in [-0.39, 0.29) is 11.7 Å². The Hall–Kier alpha value is -3.39. The van der Waals surface area contributed by atoms with Crippen LogP contribution in [0, 0.1) is 0 Å². The summed E-state index contributed by atoms with van der Waals surface area (Å²) in [6.07, 6.45) is 1.58. The molecule has 1 aromatic heterocycles. The molecule has 0 aliphatic carbocycles. The van der Waals surface area contributed by atoms with E-state index in [2.05, 4.69) is 14.6 Å². The largest absolute Gasteiger partial charge is 0.409 e. The fourth-order valence-corrected chi connectivity index (χ4v) is 3.43. The van der Waals surface area contributed by atoms with E-state index in [1.807, 2.05) is 70.7 Å². The van der Waals surface area contributed by atoms with E-state index in [0.29, 0.717) is 17.7 Å². The maximum absolute atomic E-state index is 12.7. The molecule has 3 aromatic rings. The van der Waals surface area contributed by atoms with Gasteiger partial charge in [-0.15, -0.1) is 0 Å². The third-order valence-corrected chi connectivity index (χ3v) is 5.44. The second-order valence-corrected chi connectivity index (χ2v) is 8.00. The molecule has 8 nitrogen and oxygen atoms in total. The Morgan fingerprint density at radius 3 is 2.39 bits per heavy atom. The lowest BCUT2D eigenvalue weighted by Crippen LogP contribution is -2.33. The monoisotopic (exact) mass is 422 g/mol. The van der Waals surface area contributed by atoms with Gasteiger partial charge in [0.25, 0.3) is 5.91 Å². The zero-order valence-electron chi connectivity index (χ0n) is 18.5. The lowest BCUT2D eigenvalue weighted by molar-refractivity contribution is 0.0786. The van der Waals surface area contributed by atoms with Crippen LogP contribution in [0.2, 0.25) is 0 Å². The number of hydrogen-bond donors (Lipinski definition) is 2. The number of hydrogen-bond acceptors (Lipinski definition) is 5. The highest BCUT2D eigenvalue weighted by molar-refractivity contribution is 5.97. The van der Waals surface area contributed by atoms with E-state index >= 15 is 0 Å². The lowest BCUT2D eigenvalue weighted by Gasteiger charge is -2.19. The summed E-state index contributed by atoms with van der Waals surface area (Å²) in [5, 5.41) is 11.8. The van der Waals surface area contributed by atoms with E-state index < -0.39 is 0 Å². The van der Waals surface area contributed by atoms with Gasteiger partial charge in [-0.2, -0.15) is 0 Å². The van der Waals surface area contributed by atoms with Crippen LogP contribution in [0.3, 0.4) is 0 Å². The maximum atomic E-state index is 12.7. The molecule has 0 aliphatic heterocycles. The van der Waals surface area contributed by atoms with Crippen molar-refractivity contribution < 1.29 is 10.0 Å². The Balaban J connectivity index is 1.72. The molecule has 1 amide bonds. The van der Waals surface area contributed by atoms with Gasteiger partial charge in [-0.1, -0.05) is 29.4 Å². The first-order valence-corrected chi connectivity index (χ1v) is 10.2. The van der Waals surface area contributed by atoms with Crippen LogP contribution in [0.15, 0.2) is 47.6 Å². The van der Waals surface area contributed by atoms with Gasteiger partial charge in [0.15, 0.2) is 5.84 Å². The van der Waals surface area contributed by atoms with Crippen molar-refractivity contribution in [3.63, 3.8) is 0 Å². The normalized spacial score (nSPS) is 12.0. The van der Waals surface area contributed by atoms with Crippen molar-refractivity contribution in [1.29, 1.82) is 0 Å². The number of aromatic nitrogens is 2. The minimum Gasteiger partial charge on any atom is -0.409 e. The number of carbonyl (C=O) groups excluding carboxylic acids is 1. The number of benzene rings is 2. The van der Waals surface area contributed by atoms with Gasteiger partial charge in [-0.05, 0) is 44.3 Å². The number of carbonyl (C=O) groups is 1. The van der Waals surface area contributed by atoms with Crippen LogP contribution in [-0.2, 0) is 19.9 Å². The second kappa shape index (κ2) is 9.61. The first-order valence-electron chi connectivity index (χ1n) is 10.2. The summed E-state index contributed by atoms with van der Waals surface area (Å²) in [5.74, 6) is 1.06. The van der Waals surface area contributed by atoms with Crippen molar-refractivity contribution in [1.82, 2.24) is 19.4 Å². The van der Waals surface area contributed by atoms with Gasteiger partial charge < -0.3 is 25.3 Å². The van der Waals surface area contributed by atoms with Crippen molar-refractivity contribution in [3.8, 4) is 0 Å². The van der Waals surface area contributed by atoms with Crippen LogP contribution in [0.4, 0.5) is 0 Å². The highest BCUT2D eigenvalue weighted by Gasteiger charge is 2.15. The fourth-order valence-electron chi connectivity index (χ4n) is 3.43. The minimum atomic E-state index is 0.00161. The van der Waals surface area contributed by atoms with Crippen molar-refractivity contribution in [2.75, 3.05) is 34.2 Å². The molecule has 0 unspecified atom stereocenters. The molecule has 0 saturated heterocycles. The van der Waals surface area contributed by atoms with Crippen LogP contribution < -0.4 is 5.73 Å². The zero-order chi connectivity index (χ0) is 22.5. The molecule has 1 heterocycles. The molecular formula is C23H30N6O2. The average molecular weight is 423 g/mol. The van der Waals surface area contributed by atoms with E-state index in [1.54, 1.807) is 4.90 Å². The van der Waals surface area contributed by atoms with Crippen LogP contribution in [0.1, 0.15) is 27.3 Å². The molecule has 0 saturated carbocycles. The summed E-state index contributed by atoms with van der Waals surface area (Å²) in [5.41, 5.74) is 9.91. The molecule has 0 bridgehead atoms. The highest BCUT2D eigenvalue weighted by Crippen LogP contribution is 2.19. The van der Waals surface area contributed by atoms with Crippen molar-refractivity contribution in [3.05, 3.63) is 65.0 Å². The van der Waals surface area contributed by atoms with Gasteiger partial charge in [0.05, 0.1) is 11.0 Å². The summed E-state index contributed by atoms with van der Waals surface area (Å²) < 4.78 is 2.07. The standard InChI is InChI=1S/C23H30N6O2/c1-27(2)13-14-28(3)23(30)18-10-11-20-19(15-18)25-21(29(20)4)12-7-16-5-8-17(9-6-16)22(24)26-31/h5-6,8-11,15,31H,7,12-14H2,1-4H3,(H2,24,26). The molecular weight excluding hydrogens is 392 g/mol. The predicted octanol–water partition coefficient (Wildman–Crippen LogP) is 2.09. The number of imidazole rings is 1. The smallest absolute Gasteiger partial charge is 0.253 e. The summed E-state index contributed by atoms with van der Waals surface area (Å²) in [4.78, 5) is 21.3. The first-order chi connectivity index (χ1) is 14.8. The summed E-state index contributed by atoms with van der Waals surface area (Å²) in [6, 6.07) is 13.3. The van der Waals surface area contributed by atoms with E-state index in [4.69, 9.17) is 15.9 Å². The number of likely N-dealkylation sites (N-methyl/N-ethyl adjacent to an activating group) is 2. The van der Waals surface area contributed by atoms with Gasteiger partial charge in [0, 0.05) is 44.7 Å². The lowest BCUT2D eigenvalue weighted by atomic mass is 10.1. The molecule has 2 aromatic carbocycles. The Kier molecular flexibility index (Phi) is 6.91. The number of nitrogens with two attached hydrogens (primary N) is 1. The Morgan fingerprint density at radius 1 is 1.06 bits per heavy atom. The van der Waals surface area contributed by atoms with Crippen molar-refractivity contribution >= 4 is 22.8 Å². The molecule has 164 valence electrons. The predicted molar refractivity (Wildman–Crippen MR) is 123 cm³/mol. The van der Waals surface area contributed by atoms with Gasteiger partial charge in [-0.3, -0.25) is 4.79 Å². The molecule has 0 aliphatic rings. The fraction of sp³-hybridized carbons (Fsp3) is 0.348. The summed E-state index contributed by atoms with van der Waals surface area (Å²) in [6.45, 7) is 1.49. The van der Waals surface area contributed by atoms with Gasteiger partial charge in [0.2, 0.25) is 0 Å². The topological polar surface area (TPSA) is 100.0 Å². The molecule has 0 spiro atoms. The van der Waals surface area contributed by atoms with Crippen molar-refractivity contribution in [2.45, 2.75) is 12.8 Å². The van der Waals surface area contributed by atoms with E-state index in [1.165, 1.54) is 0 Å². The average Bonchev–Trinajstić information content (AvgIpc) is 3.10. The number of fused-ring (bicyclic) bond motifs is 1. The van der Waals surface area contributed by atoms with Crippen LogP contribution in [-0.4, -0.2) is 70.5 Å². The maximum Gasteiger partial charge on any atom is 0.253 e. The Bertz CT molecular complexity index is 1090. The van der Waals surface area contributed by atoms with Gasteiger partial charge in [-0.25, -0.2) is 4.98 Å². The number of amides is 1. The first kappa shape index (κ1) is 22.3. The third kappa shape index (κ3) is 5.21. The highest BCUT2D eigenvalue weighted by atomic mass is 16.4. The second-order valence-electron chi connectivity index (χ2n) is 8.00. The molecule has 0 radical (unpaired) electrons. The zero-order valence-corrected chi connectivity index (χ0v) is 18.5. The molecule has 3 N–H and O–H groups in total. The van der Waals surface area contributed by atoms with Crippen LogP contribution >= 0.6 is 0 Å². The van der Waals surface area contributed by atoms with Gasteiger partial charge >= 0.3 is 0 Å². The Morgan fingerprint density at radius 2 is 1.74 bits per heavy atom.